The largest absolute Gasteiger partial charge is 0.381 e. The molecule has 4 rings (SSSR count). The Kier molecular flexibility index (Phi) is 4.71. The van der Waals surface area contributed by atoms with Gasteiger partial charge in [-0.15, -0.1) is 0 Å². The number of carbonyl (C=O) groups is 2. The minimum absolute atomic E-state index is 0.0403. The number of fused-ring (bicyclic) bond motifs is 1. The molecule has 0 aromatic heterocycles. The molecule has 0 N–H and O–H groups in total. The summed E-state index contributed by atoms with van der Waals surface area (Å²) in [7, 11) is 0. The van der Waals surface area contributed by atoms with Gasteiger partial charge in [0.1, 0.15) is 6.61 Å². The number of carbonyl (C=O) groups excluding carboxylic acids is 2. The van der Waals surface area contributed by atoms with Crippen molar-refractivity contribution < 1.29 is 19.1 Å². The van der Waals surface area contributed by atoms with Crippen LogP contribution in [0, 0.1) is 5.92 Å². The standard InChI is InChI=1S/C20H26N2O4/c1-20-9-10-21(19(24)15-7-11-25-12-8-15)13-17(20)22(18(23)14-26-20)16-5-3-2-4-6-16/h2-6,15,17H,7-14H2,1H3/t17-,20-/m1/s1. The summed E-state index contributed by atoms with van der Waals surface area (Å²) in [5.41, 5.74) is 0.452. The Balaban J connectivity index is 1.58. The van der Waals surface area contributed by atoms with Gasteiger partial charge in [0.05, 0.1) is 11.6 Å². The number of likely N-dealkylation sites (tertiary alicyclic amines) is 1. The molecule has 26 heavy (non-hydrogen) atoms. The Morgan fingerprint density at radius 3 is 2.65 bits per heavy atom. The maximum Gasteiger partial charge on any atom is 0.253 e. The molecule has 3 fully saturated rings. The lowest BCUT2D eigenvalue weighted by atomic mass is 9.84. The summed E-state index contributed by atoms with van der Waals surface area (Å²) in [4.78, 5) is 29.4. The van der Waals surface area contributed by atoms with Gasteiger partial charge in [0.25, 0.3) is 5.91 Å². The van der Waals surface area contributed by atoms with Crippen molar-refractivity contribution in [1.82, 2.24) is 4.90 Å². The van der Waals surface area contributed by atoms with Crippen molar-refractivity contribution in [2.24, 2.45) is 5.92 Å². The number of para-hydroxylation sites is 1. The zero-order valence-corrected chi connectivity index (χ0v) is 15.2. The molecule has 0 spiro atoms. The first-order valence-electron chi connectivity index (χ1n) is 9.46. The summed E-state index contributed by atoms with van der Waals surface area (Å²) >= 11 is 0. The Morgan fingerprint density at radius 2 is 1.92 bits per heavy atom. The Bertz CT molecular complexity index is 674. The Morgan fingerprint density at radius 1 is 1.19 bits per heavy atom. The number of anilines is 1. The molecule has 6 heteroatoms. The third kappa shape index (κ3) is 3.12. The minimum atomic E-state index is -0.420. The number of ether oxygens (including phenoxy) is 2. The van der Waals surface area contributed by atoms with Crippen LogP contribution in [0.1, 0.15) is 26.2 Å². The smallest absolute Gasteiger partial charge is 0.253 e. The zero-order valence-electron chi connectivity index (χ0n) is 15.2. The van der Waals surface area contributed by atoms with Crippen LogP contribution >= 0.6 is 0 Å². The molecule has 1 aromatic rings. The van der Waals surface area contributed by atoms with Crippen LogP contribution < -0.4 is 4.90 Å². The number of benzene rings is 1. The molecular weight excluding hydrogens is 332 g/mol. The fourth-order valence-electron chi connectivity index (χ4n) is 4.33. The molecule has 2 amide bonds. The molecule has 3 aliphatic heterocycles. The van der Waals surface area contributed by atoms with Gasteiger partial charge >= 0.3 is 0 Å². The van der Waals surface area contributed by atoms with Gasteiger partial charge in [0.15, 0.2) is 0 Å². The van der Waals surface area contributed by atoms with E-state index in [1.807, 2.05) is 40.1 Å². The van der Waals surface area contributed by atoms with Crippen molar-refractivity contribution in [3.05, 3.63) is 30.3 Å². The van der Waals surface area contributed by atoms with Crippen molar-refractivity contribution in [2.45, 2.75) is 37.8 Å². The molecule has 1 aromatic carbocycles. The first-order chi connectivity index (χ1) is 12.6. The van der Waals surface area contributed by atoms with Gasteiger partial charge < -0.3 is 19.3 Å². The minimum Gasteiger partial charge on any atom is -0.381 e. The molecule has 0 aliphatic carbocycles. The van der Waals surface area contributed by atoms with Crippen LogP contribution in [0.4, 0.5) is 5.69 Å². The molecule has 0 radical (unpaired) electrons. The number of nitrogens with zero attached hydrogens (tertiary/aromatic N) is 2. The summed E-state index contributed by atoms with van der Waals surface area (Å²) in [5, 5.41) is 0. The first kappa shape index (κ1) is 17.5. The lowest BCUT2D eigenvalue weighted by molar-refractivity contribution is -0.159. The summed E-state index contributed by atoms with van der Waals surface area (Å²) in [6, 6.07) is 9.54. The molecule has 3 aliphatic rings. The van der Waals surface area contributed by atoms with Gasteiger partial charge in [-0.3, -0.25) is 9.59 Å². The number of amides is 2. The second-order valence-corrected chi connectivity index (χ2v) is 7.64. The highest BCUT2D eigenvalue weighted by Gasteiger charge is 2.50. The maximum absolute atomic E-state index is 13.0. The van der Waals surface area contributed by atoms with Gasteiger partial charge in [-0.1, -0.05) is 18.2 Å². The van der Waals surface area contributed by atoms with E-state index in [9.17, 15) is 9.59 Å². The lowest BCUT2D eigenvalue weighted by Gasteiger charge is -2.53. The van der Waals surface area contributed by atoms with Crippen LogP contribution in [-0.2, 0) is 19.1 Å². The van der Waals surface area contributed by atoms with Crippen LogP contribution in [0.3, 0.4) is 0 Å². The maximum atomic E-state index is 13.0. The summed E-state index contributed by atoms with van der Waals surface area (Å²) in [5.74, 6) is 0.193. The quantitative estimate of drug-likeness (QED) is 0.809. The number of piperidine rings is 1. The highest BCUT2D eigenvalue weighted by atomic mass is 16.5. The fourth-order valence-corrected chi connectivity index (χ4v) is 4.33. The third-order valence-corrected chi connectivity index (χ3v) is 6.00. The van der Waals surface area contributed by atoms with Crippen molar-refractivity contribution in [1.29, 1.82) is 0 Å². The second kappa shape index (κ2) is 7.00. The monoisotopic (exact) mass is 358 g/mol. The first-order valence-corrected chi connectivity index (χ1v) is 9.46. The molecule has 2 atom stereocenters. The van der Waals surface area contributed by atoms with Crippen molar-refractivity contribution in [2.75, 3.05) is 37.8 Å². The highest BCUT2D eigenvalue weighted by molar-refractivity contribution is 5.96. The van der Waals surface area contributed by atoms with Crippen LogP contribution in [0.25, 0.3) is 0 Å². The van der Waals surface area contributed by atoms with Crippen LogP contribution in [0.5, 0.6) is 0 Å². The Labute approximate surface area is 154 Å². The SMILES string of the molecule is C[C@@]12CCN(C(=O)C3CCOCC3)C[C@H]1N(c1ccccc1)C(=O)CO2. The lowest BCUT2D eigenvalue weighted by Crippen LogP contribution is -2.68. The third-order valence-electron chi connectivity index (χ3n) is 6.00. The molecule has 3 heterocycles. The second-order valence-electron chi connectivity index (χ2n) is 7.64. The molecule has 0 bridgehead atoms. The van der Waals surface area contributed by atoms with Gasteiger partial charge in [-0.05, 0) is 38.3 Å². The van der Waals surface area contributed by atoms with Crippen molar-refractivity contribution in [3.8, 4) is 0 Å². The van der Waals surface area contributed by atoms with E-state index >= 15 is 0 Å². The molecule has 6 nitrogen and oxygen atoms in total. The predicted molar refractivity (Wildman–Crippen MR) is 96.8 cm³/mol. The van der Waals surface area contributed by atoms with E-state index in [-0.39, 0.29) is 30.4 Å². The summed E-state index contributed by atoms with van der Waals surface area (Å²) in [6.07, 6.45) is 2.31. The molecule has 0 unspecified atom stereocenters. The van der Waals surface area contributed by atoms with Gasteiger partial charge in [-0.2, -0.15) is 0 Å². The fraction of sp³-hybridized carbons (Fsp3) is 0.600. The Hall–Kier alpha value is -1.92. The van der Waals surface area contributed by atoms with Gasteiger partial charge in [0, 0.05) is 37.9 Å². The molecule has 140 valence electrons. The van der Waals surface area contributed by atoms with Gasteiger partial charge in [-0.25, -0.2) is 0 Å². The van der Waals surface area contributed by atoms with Crippen LogP contribution in [-0.4, -0.2) is 61.3 Å². The molecular formula is C20H26N2O4. The number of rotatable bonds is 2. The van der Waals surface area contributed by atoms with E-state index in [0.717, 1.165) is 24.9 Å². The predicted octanol–water partition coefficient (Wildman–Crippen LogP) is 1.84. The highest BCUT2D eigenvalue weighted by Crippen LogP contribution is 2.36. The van der Waals surface area contributed by atoms with E-state index in [0.29, 0.717) is 26.3 Å². The van der Waals surface area contributed by atoms with Crippen LogP contribution in [0.15, 0.2) is 30.3 Å². The molecule has 3 saturated heterocycles. The van der Waals surface area contributed by atoms with E-state index in [1.54, 1.807) is 0 Å². The van der Waals surface area contributed by atoms with Crippen LogP contribution in [0.2, 0.25) is 0 Å². The van der Waals surface area contributed by atoms with Crippen molar-refractivity contribution in [3.63, 3.8) is 0 Å². The van der Waals surface area contributed by atoms with E-state index in [4.69, 9.17) is 9.47 Å². The van der Waals surface area contributed by atoms with E-state index < -0.39 is 5.60 Å². The van der Waals surface area contributed by atoms with Crippen molar-refractivity contribution >= 4 is 17.5 Å². The zero-order chi connectivity index (χ0) is 18.1. The topological polar surface area (TPSA) is 59.1 Å². The number of morpholine rings is 1. The van der Waals surface area contributed by atoms with E-state index in [2.05, 4.69) is 6.92 Å². The number of hydrogen-bond donors (Lipinski definition) is 0. The van der Waals surface area contributed by atoms with Gasteiger partial charge in [0.2, 0.25) is 5.91 Å². The average Bonchev–Trinajstić information content (AvgIpc) is 2.69. The molecule has 0 saturated carbocycles. The van der Waals surface area contributed by atoms with E-state index in [1.165, 1.54) is 0 Å². The normalized spacial score (nSPS) is 30.2. The number of hydrogen-bond acceptors (Lipinski definition) is 4. The summed E-state index contributed by atoms with van der Waals surface area (Å²) < 4.78 is 11.3. The summed E-state index contributed by atoms with van der Waals surface area (Å²) in [6.45, 7) is 4.67. The average molecular weight is 358 g/mol.